The van der Waals surface area contributed by atoms with E-state index in [1.54, 1.807) is 0 Å². The maximum Gasteiger partial charge on any atom is 0.172 e. The van der Waals surface area contributed by atoms with Gasteiger partial charge in [0, 0.05) is 18.3 Å². The predicted octanol–water partition coefficient (Wildman–Crippen LogP) is 3.80. The Balaban J connectivity index is 1.51. The second-order valence-corrected chi connectivity index (χ2v) is 10.6. The summed E-state index contributed by atoms with van der Waals surface area (Å²) in [5.41, 5.74) is -0.0692. The number of fused-ring (bicyclic) bond motifs is 5. The molecule has 2 N–H and O–H groups in total. The number of rotatable bonds is 1. The fourth-order valence-electron chi connectivity index (χ4n) is 8.34. The van der Waals surface area contributed by atoms with Gasteiger partial charge in [0.2, 0.25) is 0 Å². The highest BCUT2D eigenvalue weighted by Gasteiger charge is 2.67. The van der Waals surface area contributed by atoms with Gasteiger partial charge in [-0.3, -0.25) is 0 Å². The van der Waals surface area contributed by atoms with E-state index >= 15 is 0 Å². The Morgan fingerprint density at radius 2 is 1.85 bits per heavy atom. The molecule has 0 aromatic rings. The Morgan fingerprint density at radius 3 is 2.56 bits per heavy atom. The van der Waals surface area contributed by atoms with Crippen molar-refractivity contribution in [2.24, 2.45) is 29.1 Å². The molecule has 5 unspecified atom stereocenters. The second-order valence-electron chi connectivity index (χ2n) is 10.6. The minimum Gasteiger partial charge on any atom is -0.390 e. The molecule has 1 heterocycles. The highest BCUT2D eigenvalue weighted by atomic mass is 16.7. The van der Waals surface area contributed by atoms with Crippen molar-refractivity contribution >= 4 is 0 Å². The van der Waals surface area contributed by atoms with Crippen molar-refractivity contribution in [2.75, 3.05) is 13.2 Å². The maximum atomic E-state index is 11.7. The third-order valence-electron chi connectivity index (χ3n) is 9.41. The van der Waals surface area contributed by atoms with Crippen LogP contribution in [0.4, 0.5) is 0 Å². The minimum atomic E-state index is -0.725. The summed E-state index contributed by atoms with van der Waals surface area (Å²) in [6, 6.07) is 0. The number of allylic oxidation sites excluding steroid dienone is 1. The summed E-state index contributed by atoms with van der Waals surface area (Å²) < 4.78 is 12.0. The third kappa shape index (κ3) is 2.43. The van der Waals surface area contributed by atoms with E-state index < -0.39 is 11.2 Å². The Bertz CT molecular complexity index is 645. The lowest BCUT2D eigenvalue weighted by Crippen LogP contribution is -2.62. The van der Waals surface area contributed by atoms with Crippen molar-refractivity contribution < 1.29 is 19.7 Å². The van der Waals surface area contributed by atoms with Gasteiger partial charge in [0.1, 0.15) is 0 Å². The summed E-state index contributed by atoms with van der Waals surface area (Å²) in [6.07, 6.45) is 10.0. The van der Waals surface area contributed by atoms with Gasteiger partial charge in [-0.2, -0.15) is 0 Å². The quantitative estimate of drug-likeness (QED) is 0.684. The van der Waals surface area contributed by atoms with Crippen LogP contribution in [0.25, 0.3) is 0 Å². The Hall–Kier alpha value is -0.420. The molecular weight excluding hydrogens is 340 g/mol. The Morgan fingerprint density at radius 1 is 1.11 bits per heavy atom. The molecule has 0 radical (unpaired) electrons. The molecule has 4 fully saturated rings. The second kappa shape index (κ2) is 5.81. The first-order chi connectivity index (χ1) is 12.7. The van der Waals surface area contributed by atoms with Gasteiger partial charge in [0.05, 0.1) is 24.4 Å². The third-order valence-corrected chi connectivity index (χ3v) is 9.41. The van der Waals surface area contributed by atoms with Crippen LogP contribution in [0.1, 0.15) is 72.1 Å². The summed E-state index contributed by atoms with van der Waals surface area (Å²) >= 11 is 0. The molecule has 1 aliphatic heterocycles. The van der Waals surface area contributed by atoms with Crippen LogP contribution in [0.15, 0.2) is 11.6 Å². The first kappa shape index (κ1) is 18.6. The van der Waals surface area contributed by atoms with Gasteiger partial charge >= 0.3 is 0 Å². The van der Waals surface area contributed by atoms with Gasteiger partial charge in [-0.25, -0.2) is 0 Å². The van der Waals surface area contributed by atoms with Crippen LogP contribution in [-0.2, 0) is 9.47 Å². The van der Waals surface area contributed by atoms with E-state index in [-0.39, 0.29) is 11.2 Å². The van der Waals surface area contributed by atoms with E-state index in [2.05, 4.69) is 19.9 Å². The zero-order valence-electron chi connectivity index (χ0n) is 17.2. The molecule has 5 aliphatic rings. The van der Waals surface area contributed by atoms with Crippen molar-refractivity contribution in [1.29, 1.82) is 0 Å². The summed E-state index contributed by atoms with van der Waals surface area (Å²) in [7, 11) is 0. The highest BCUT2D eigenvalue weighted by Crippen LogP contribution is 2.68. The zero-order chi connectivity index (χ0) is 19.1. The first-order valence-electron chi connectivity index (χ1n) is 11.2. The van der Waals surface area contributed by atoms with E-state index in [0.717, 1.165) is 51.4 Å². The highest BCUT2D eigenvalue weighted by molar-refractivity contribution is 5.25. The summed E-state index contributed by atoms with van der Waals surface area (Å²) in [6.45, 7) is 7.71. The van der Waals surface area contributed by atoms with Gasteiger partial charge in [0.15, 0.2) is 5.79 Å². The Labute approximate surface area is 163 Å². The van der Waals surface area contributed by atoms with Gasteiger partial charge in [-0.1, -0.05) is 18.6 Å². The largest absolute Gasteiger partial charge is 0.390 e. The van der Waals surface area contributed by atoms with Gasteiger partial charge in [-0.05, 0) is 76.0 Å². The number of aliphatic hydroxyl groups is 2. The SMILES string of the molecule is CC[C@]12CC(C)(O)C3C4CCC5(CC4=CCC3C1CC[C@]2(C)O)OCCO5. The van der Waals surface area contributed by atoms with Crippen LogP contribution >= 0.6 is 0 Å². The monoisotopic (exact) mass is 376 g/mol. The fraction of sp³-hybridized carbons (Fsp3) is 0.913. The van der Waals surface area contributed by atoms with Crippen molar-refractivity contribution in [2.45, 2.75) is 89.1 Å². The molecule has 5 rings (SSSR count). The topological polar surface area (TPSA) is 58.9 Å². The molecule has 4 aliphatic carbocycles. The molecular formula is C23H36O4. The lowest BCUT2D eigenvalue weighted by Gasteiger charge is -2.61. The van der Waals surface area contributed by atoms with Crippen LogP contribution in [0.5, 0.6) is 0 Å². The lowest BCUT2D eigenvalue weighted by atomic mass is 9.46. The van der Waals surface area contributed by atoms with Crippen LogP contribution < -0.4 is 0 Å². The standard InChI is InChI=1S/C23H36O4/c1-4-22-14-20(2,24)19-16-7-10-23(26-11-12-27-23)13-15(16)5-6-17(19)18(22)8-9-21(22,3)25/h5,16-19,24-25H,4,6-14H2,1-3H3/t16?,17?,18?,19?,20?,21-,22-/m0/s1. The predicted molar refractivity (Wildman–Crippen MR) is 103 cm³/mol. The lowest BCUT2D eigenvalue weighted by molar-refractivity contribution is -0.210. The number of hydrogen-bond donors (Lipinski definition) is 2. The minimum absolute atomic E-state index is 0.142. The van der Waals surface area contributed by atoms with Crippen LogP contribution in [-0.4, -0.2) is 40.4 Å². The van der Waals surface area contributed by atoms with Crippen LogP contribution in [0.2, 0.25) is 0 Å². The van der Waals surface area contributed by atoms with Gasteiger partial charge in [-0.15, -0.1) is 0 Å². The molecule has 7 atom stereocenters. The molecule has 152 valence electrons. The number of ether oxygens (including phenoxy) is 2. The smallest absolute Gasteiger partial charge is 0.172 e. The average molecular weight is 377 g/mol. The molecule has 1 saturated heterocycles. The van der Waals surface area contributed by atoms with Crippen LogP contribution in [0, 0.1) is 29.1 Å². The summed E-state index contributed by atoms with van der Waals surface area (Å²) in [5, 5.41) is 23.0. The zero-order valence-corrected chi connectivity index (χ0v) is 17.2. The molecule has 0 aromatic carbocycles. The Kier molecular flexibility index (Phi) is 4.00. The molecule has 27 heavy (non-hydrogen) atoms. The van der Waals surface area contributed by atoms with Gasteiger partial charge in [0.25, 0.3) is 0 Å². The average Bonchev–Trinajstić information content (AvgIpc) is 3.17. The maximum absolute atomic E-state index is 11.7. The van der Waals surface area contributed by atoms with E-state index in [1.807, 2.05) is 6.92 Å². The van der Waals surface area contributed by atoms with Crippen molar-refractivity contribution in [1.82, 2.24) is 0 Å². The molecule has 1 spiro atoms. The first-order valence-corrected chi connectivity index (χ1v) is 11.2. The van der Waals surface area contributed by atoms with Gasteiger partial charge < -0.3 is 19.7 Å². The van der Waals surface area contributed by atoms with E-state index in [4.69, 9.17) is 9.47 Å². The molecule has 4 heteroatoms. The molecule has 0 aromatic heterocycles. The van der Waals surface area contributed by atoms with Crippen molar-refractivity contribution in [3.8, 4) is 0 Å². The van der Waals surface area contributed by atoms with E-state index in [1.165, 1.54) is 5.57 Å². The number of hydrogen-bond acceptors (Lipinski definition) is 4. The molecule has 3 saturated carbocycles. The molecule has 0 bridgehead atoms. The molecule has 0 amide bonds. The summed E-state index contributed by atoms with van der Waals surface area (Å²) in [4.78, 5) is 0. The van der Waals surface area contributed by atoms with Crippen molar-refractivity contribution in [3.63, 3.8) is 0 Å². The van der Waals surface area contributed by atoms with E-state index in [0.29, 0.717) is 36.9 Å². The summed E-state index contributed by atoms with van der Waals surface area (Å²) in [5.74, 6) is 1.36. The van der Waals surface area contributed by atoms with E-state index in [9.17, 15) is 10.2 Å². The normalized spacial score (nSPS) is 53.6. The van der Waals surface area contributed by atoms with Crippen LogP contribution in [0.3, 0.4) is 0 Å². The fourth-order valence-corrected chi connectivity index (χ4v) is 8.34. The van der Waals surface area contributed by atoms with Crippen molar-refractivity contribution in [3.05, 3.63) is 11.6 Å². The molecule has 4 nitrogen and oxygen atoms in total.